The molecule has 180 valence electrons. The van der Waals surface area contributed by atoms with Crippen LogP contribution in [0, 0.1) is 5.82 Å². The number of nitrogens with zero attached hydrogens (tertiary/aromatic N) is 1. The summed E-state index contributed by atoms with van der Waals surface area (Å²) in [5, 5.41) is 11.4. The molecule has 1 amide bonds. The van der Waals surface area contributed by atoms with Gasteiger partial charge in [0.15, 0.2) is 0 Å². The molecule has 1 heterocycles. The Labute approximate surface area is 207 Å². The minimum Gasteiger partial charge on any atom is -0.507 e. The molecule has 1 aliphatic heterocycles. The van der Waals surface area contributed by atoms with Crippen LogP contribution in [0.2, 0.25) is 5.02 Å². The van der Waals surface area contributed by atoms with Crippen molar-refractivity contribution in [3.05, 3.63) is 94.3 Å². The molecule has 35 heavy (non-hydrogen) atoms. The van der Waals surface area contributed by atoms with E-state index in [4.69, 9.17) is 21.1 Å². The lowest BCUT2D eigenvalue weighted by Gasteiger charge is -2.26. The number of amides is 1. The van der Waals surface area contributed by atoms with Crippen LogP contribution in [0.1, 0.15) is 31.0 Å². The zero-order valence-electron chi connectivity index (χ0n) is 19.3. The lowest BCUT2D eigenvalue weighted by atomic mass is 9.95. The first-order valence-electron chi connectivity index (χ1n) is 10.9. The lowest BCUT2D eigenvalue weighted by molar-refractivity contribution is -0.132. The Morgan fingerprint density at radius 2 is 1.69 bits per heavy atom. The number of methoxy groups -OCH3 is 1. The predicted molar refractivity (Wildman–Crippen MR) is 131 cm³/mol. The van der Waals surface area contributed by atoms with Gasteiger partial charge in [0.25, 0.3) is 11.7 Å². The van der Waals surface area contributed by atoms with Crippen LogP contribution in [-0.4, -0.2) is 30.0 Å². The zero-order valence-corrected chi connectivity index (χ0v) is 20.0. The highest BCUT2D eigenvalue weighted by Gasteiger charge is 2.47. The first kappa shape index (κ1) is 24.3. The molecule has 1 N–H and O–H groups in total. The summed E-state index contributed by atoms with van der Waals surface area (Å²) in [5.41, 5.74) is 0.982. The first-order valence-corrected chi connectivity index (χ1v) is 11.3. The molecule has 1 aliphatic rings. The van der Waals surface area contributed by atoms with Gasteiger partial charge in [0.2, 0.25) is 0 Å². The fourth-order valence-electron chi connectivity index (χ4n) is 3.98. The van der Waals surface area contributed by atoms with Crippen LogP contribution in [0.4, 0.5) is 10.1 Å². The van der Waals surface area contributed by atoms with E-state index in [0.29, 0.717) is 28.3 Å². The van der Waals surface area contributed by atoms with E-state index in [9.17, 15) is 19.1 Å². The molecule has 1 unspecified atom stereocenters. The third-order valence-corrected chi connectivity index (χ3v) is 5.84. The van der Waals surface area contributed by atoms with Crippen LogP contribution in [0.5, 0.6) is 11.5 Å². The monoisotopic (exact) mass is 495 g/mol. The van der Waals surface area contributed by atoms with E-state index in [1.165, 1.54) is 42.3 Å². The number of ketones is 1. The molecule has 0 bridgehead atoms. The summed E-state index contributed by atoms with van der Waals surface area (Å²) in [7, 11) is 1.46. The summed E-state index contributed by atoms with van der Waals surface area (Å²) in [6.45, 7) is 3.78. The van der Waals surface area contributed by atoms with Crippen molar-refractivity contribution in [2.75, 3.05) is 12.0 Å². The largest absolute Gasteiger partial charge is 0.507 e. The van der Waals surface area contributed by atoms with Crippen LogP contribution in [0.25, 0.3) is 5.76 Å². The minimum absolute atomic E-state index is 0.0328. The quantitative estimate of drug-likeness (QED) is 0.262. The van der Waals surface area contributed by atoms with Crippen LogP contribution in [0.15, 0.2) is 72.3 Å². The Morgan fingerprint density at radius 3 is 2.26 bits per heavy atom. The molecule has 6 nitrogen and oxygen atoms in total. The second-order valence-electron chi connectivity index (χ2n) is 8.23. The van der Waals surface area contributed by atoms with Gasteiger partial charge in [-0.15, -0.1) is 0 Å². The topological polar surface area (TPSA) is 76.1 Å². The van der Waals surface area contributed by atoms with Crippen LogP contribution < -0.4 is 14.4 Å². The summed E-state index contributed by atoms with van der Waals surface area (Å²) in [6, 6.07) is 15.6. The molecular formula is C27H23ClFNO5. The SMILES string of the molecule is COc1ccc(N2C(=O)C(=O)/C(=C(/O)c3ccc(OC(C)C)cc3)C2c2ccc(F)cc2)cc1Cl. The Balaban J connectivity index is 1.86. The Hall–Kier alpha value is -3.84. The number of anilines is 1. The third kappa shape index (κ3) is 4.72. The van der Waals surface area contributed by atoms with Gasteiger partial charge in [-0.25, -0.2) is 4.39 Å². The Morgan fingerprint density at radius 1 is 1.03 bits per heavy atom. The fourth-order valence-corrected chi connectivity index (χ4v) is 4.24. The molecule has 4 rings (SSSR count). The van der Waals surface area contributed by atoms with E-state index in [0.717, 1.165) is 0 Å². The summed E-state index contributed by atoms with van der Waals surface area (Å²) in [5.74, 6) is -1.54. The molecule has 0 radical (unpaired) electrons. The number of ether oxygens (including phenoxy) is 2. The number of benzene rings is 3. The molecule has 8 heteroatoms. The highest BCUT2D eigenvalue weighted by atomic mass is 35.5. The molecular weight excluding hydrogens is 473 g/mol. The van der Waals surface area contributed by atoms with Crippen molar-refractivity contribution in [3.8, 4) is 11.5 Å². The molecule has 0 spiro atoms. The van der Waals surface area contributed by atoms with E-state index < -0.39 is 23.5 Å². The van der Waals surface area contributed by atoms with Crippen molar-refractivity contribution >= 4 is 34.7 Å². The maximum Gasteiger partial charge on any atom is 0.300 e. The molecule has 0 aliphatic carbocycles. The van der Waals surface area contributed by atoms with Crippen molar-refractivity contribution < 1.29 is 28.6 Å². The van der Waals surface area contributed by atoms with Crippen molar-refractivity contribution in [2.24, 2.45) is 0 Å². The van der Waals surface area contributed by atoms with Gasteiger partial charge in [-0.2, -0.15) is 0 Å². The normalized spacial score (nSPS) is 17.2. The summed E-state index contributed by atoms with van der Waals surface area (Å²) < 4.78 is 24.5. The summed E-state index contributed by atoms with van der Waals surface area (Å²) in [4.78, 5) is 27.7. The van der Waals surface area contributed by atoms with Gasteiger partial charge in [-0.1, -0.05) is 23.7 Å². The fraction of sp³-hybridized carbons (Fsp3) is 0.185. The molecule has 0 aromatic heterocycles. The van der Waals surface area contributed by atoms with Gasteiger partial charge in [0.05, 0.1) is 29.9 Å². The van der Waals surface area contributed by atoms with Crippen molar-refractivity contribution in [1.82, 2.24) is 0 Å². The molecule has 0 saturated carbocycles. The number of carbonyl (C=O) groups excluding carboxylic acids is 2. The van der Waals surface area contributed by atoms with E-state index in [-0.39, 0.29) is 22.5 Å². The molecule has 3 aromatic rings. The second kappa shape index (κ2) is 9.80. The minimum atomic E-state index is -1.01. The first-order chi connectivity index (χ1) is 16.7. The number of hydrogen-bond acceptors (Lipinski definition) is 5. The summed E-state index contributed by atoms with van der Waals surface area (Å²) in [6.07, 6.45) is -0.0328. The lowest BCUT2D eigenvalue weighted by Crippen LogP contribution is -2.29. The highest BCUT2D eigenvalue weighted by Crippen LogP contribution is 2.43. The number of Topliss-reactive ketones (excluding diaryl/α,β-unsaturated/α-hetero) is 1. The van der Waals surface area contributed by atoms with Gasteiger partial charge in [0.1, 0.15) is 23.1 Å². The molecule has 3 aromatic carbocycles. The molecule has 1 fully saturated rings. The Kier molecular flexibility index (Phi) is 6.80. The average molecular weight is 496 g/mol. The maximum atomic E-state index is 13.7. The van der Waals surface area contributed by atoms with Crippen LogP contribution in [-0.2, 0) is 9.59 Å². The van der Waals surface area contributed by atoms with Gasteiger partial charge in [-0.3, -0.25) is 14.5 Å². The van der Waals surface area contributed by atoms with Gasteiger partial charge >= 0.3 is 0 Å². The Bertz CT molecular complexity index is 1300. The van der Waals surface area contributed by atoms with Gasteiger partial charge in [-0.05, 0) is 74.0 Å². The second-order valence-corrected chi connectivity index (χ2v) is 8.64. The van der Waals surface area contributed by atoms with Crippen molar-refractivity contribution in [2.45, 2.75) is 26.0 Å². The number of carbonyl (C=O) groups is 2. The predicted octanol–water partition coefficient (Wildman–Crippen LogP) is 5.90. The number of aliphatic hydroxyl groups is 1. The number of rotatable bonds is 6. The highest BCUT2D eigenvalue weighted by molar-refractivity contribution is 6.51. The number of halogens is 2. The van der Waals surface area contributed by atoms with Gasteiger partial charge < -0.3 is 14.6 Å². The van der Waals surface area contributed by atoms with Crippen molar-refractivity contribution in [1.29, 1.82) is 0 Å². The third-order valence-electron chi connectivity index (χ3n) is 5.54. The average Bonchev–Trinajstić information content (AvgIpc) is 3.09. The summed E-state index contributed by atoms with van der Waals surface area (Å²) >= 11 is 6.28. The van der Waals surface area contributed by atoms with Crippen LogP contribution in [0.3, 0.4) is 0 Å². The zero-order chi connectivity index (χ0) is 25.3. The molecule has 1 atom stereocenters. The van der Waals surface area contributed by atoms with Crippen molar-refractivity contribution in [3.63, 3.8) is 0 Å². The van der Waals surface area contributed by atoms with E-state index in [1.807, 2.05) is 13.8 Å². The van der Waals surface area contributed by atoms with E-state index >= 15 is 0 Å². The number of hydrogen-bond donors (Lipinski definition) is 1. The van der Waals surface area contributed by atoms with E-state index in [1.54, 1.807) is 36.4 Å². The van der Waals surface area contributed by atoms with E-state index in [2.05, 4.69) is 0 Å². The van der Waals surface area contributed by atoms with Gasteiger partial charge in [0, 0.05) is 11.3 Å². The number of aliphatic hydroxyl groups excluding tert-OH is 1. The molecule has 1 saturated heterocycles. The standard InChI is InChI=1S/C27H23ClFNO5/c1-15(2)35-20-11-6-17(7-12-20)25(31)23-24(16-4-8-18(29)9-5-16)30(27(33)26(23)32)19-10-13-22(34-3)21(28)14-19/h4-15,24,31H,1-3H3/b25-23+. The van der Waals surface area contributed by atoms with Crippen LogP contribution >= 0.6 is 11.6 Å². The smallest absolute Gasteiger partial charge is 0.300 e. The maximum absolute atomic E-state index is 13.7.